The van der Waals surface area contributed by atoms with Crippen molar-refractivity contribution in [1.82, 2.24) is 0 Å². The molecule has 0 spiro atoms. The van der Waals surface area contributed by atoms with E-state index in [1.807, 2.05) is 0 Å². The maximum Gasteiger partial charge on any atom is 0.0875 e. The van der Waals surface area contributed by atoms with Gasteiger partial charge in [0, 0.05) is 0 Å². The predicted molar refractivity (Wildman–Crippen MR) is 207 cm³/mol. The summed E-state index contributed by atoms with van der Waals surface area (Å²) in [7, 11) is -0.645. The van der Waals surface area contributed by atoms with Crippen LogP contribution in [-0.2, 0) is 0 Å². The van der Waals surface area contributed by atoms with Crippen molar-refractivity contribution >= 4 is 63.0 Å². The molecule has 1 heteroatoms. The number of hydrogen-bond donors (Lipinski definition) is 0. The molecule has 9 aromatic carbocycles. The van der Waals surface area contributed by atoms with Gasteiger partial charge in [-0.3, -0.25) is 0 Å². The first-order chi connectivity index (χ1) is 23.3. The maximum atomic E-state index is 2.51. The van der Waals surface area contributed by atoms with Crippen LogP contribution in [0.2, 0.25) is 0 Å². The lowest BCUT2D eigenvalue weighted by Gasteiger charge is -2.20. The van der Waals surface area contributed by atoms with Crippen LogP contribution in [0.5, 0.6) is 0 Å². The Morgan fingerprint density at radius 2 is 0.894 bits per heavy atom. The third-order valence-corrected chi connectivity index (χ3v) is 11.4. The summed E-state index contributed by atoms with van der Waals surface area (Å²) in [5, 5.41) is 13.2. The van der Waals surface area contributed by atoms with Gasteiger partial charge in [0.25, 0.3) is 0 Å². The Kier molecular flexibility index (Phi) is 6.77. The summed E-state index contributed by atoms with van der Waals surface area (Å²) in [6, 6.07) is 67.4. The molecule has 0 aromatic heterocycles. The molecular weight excluding hydrogens is 581 g/mol. The topological polar surface area (TPSA) is 0 Å². The van der Waals surface area contributed by atoms with Crippen LogP contribution in [0.3, 0.4) is 0 Å². The van der Waals surface area contributed by atoms with Crippen LogP contribution in [0.25, 0.3) is 76.5 Å². The minimum absolute atomic E-state index is 0.645. The van der Waals surface area contributed by atoms with Crippen molar-refractivity contribution in [2.24, 2.45) is 0 Å². The second kappa shape index (κ2) is 11.5. The van der Waals surface area contributed by atoms with E-state index in [2.05, 4.69) is 182 Å². The molecular formula is C46H32Si. The highest BCUT2D eigenvalue weighted by atomic mass is 28.2. The number of rotatable bonds is 5. The molecule has 0 nitrogen and oxygen atoms in total. The van der Waals surface area contributed by atoms with Crippen molar-refractivity contribution in [3.05, 3.63) is 182 Å². The molecule has 0 heterocycles. The lowest BCUT2D eigenvalue weighted by atomic mass is 9.84. The highest BCUT2D eigenvalue weighted by Gasteiger charge is 2.19. The third kappa shape index (κ3) is 4.93. The van der Waals surface area contributed by atoms with Gasteiger partial charge in [0.05, 0.1) is 9.52 Å². The molecule has 9 rings (SSSR count). The average Bonchev–Trinajstić information content (AvgIpc) is 3.14. The second-order valence-electron chi connectivity index (χ2n) is 12.5. The summed E-state index contributed by atoms with van der Waals surface area (Å²) in [6.07, 6.45) is 0. The largest absolute Gasteiger partial charge is 0.0875 e. The zero-order valence-corrected chi connectivity index (χ0v) is 27.4. The first kappa shape index (κ1) is 27.5. The van der Waals surface area contributed by atoms with E-state index in [0.29, 0.717) is 0 Å². The van der Waals surface area contributed by atoms with E-state index in [-0.39, 0.29) is 0 Å². The van der Waals surface area contributed by atoms with E-state index in [4.69, 9.17) is 0 Å². The van der Waals surface area contributed by atoms with Gasteiger partial charge >= 0.3 is 0 Å². The minimum Gasteiger partial charge on any atom is -0.0633 e. The van der Waals surface area contributed by atoms with Gasteiger partial charge in [-0.2, -0.15) is 0 Å². The minimum atomic E-state index is -0.645. The van der Waals surface area contributed by atoms with E-state index < -0.39 is 9.52 Å². The van der Waals surface area contributed by atoms with Gasteiger partial charge in [0.1, 0.15) is 0 Å². The molecule has 0 bridgehead atoms. The van der Waals surface area contributed by atoms with E-state index in [0.717, 1.165) is 0 Å². The summed E-state index contributed by atoms with van der Waals surface area (Å²) >= 11 is 0. The van der Waals surface area contributed by atoms with Gasteiger partial charge in [-0.1, -0.05) is 180 Å². The van der Waals surface area contributed by atoms with Gasteiger partial charge in [0.2, 0.25) is 0 Å². The Balaban J connectivity index is 1.33. The van der Waals surface area contributed by atoms with Crippen LogP contribution in [-0.4, -0.2) is 9.52 Å². The first-order valence-electron chi connectivity index (χ1n) is 16.4. The maximum absolute atomic E-state index is 2.51. The smallest absolute Gasteiger partial charge is 0.0633 e. The zero-order chi connectivity index (χ0) is 31.2. The predicted octanol–water partition coefficient (Wildman–Crippen LogP) is 10.4. The molecule has 9 aromatic rings. The quantitative estimate of drug-likeness (QED) is 0.134. The standard InChI is InChI=1S/C46H32Si/c1-2-18-37(19-3-1)47-38-26-27-43-44(30-38)46(40-23-11-15-32-13-6-7-20-39(32)40)42-22-9-8-21-41(42)45(43)36-17-10-16-34(29-36)35-25-24-31-12-4-5-14-33(31)28-35/h1-30H,47H2. The first-order valence-corrected chi connectivity index (χ1v) is 17.8. The number of benzene rings is 9. The van der Waals surface area contributed by atoms with Crippen molar-refractivity contribution < 1.29 is 0 Å². The summed E-state index contributed by atoms with van der Waals surface area (Å²) in [5.74, 6) is 0. The van der Waals surface area contributed by atoms with Gasteiger partial charge in [-0.05, 0) is 88.6 Å². The molecule has 0 unspecified atom stereocenters. The van der Waals surface area contributed by atoms with Crippen LogP contribution in [0.15, 0.2) is 182 Å². The van der Waals surface area contributed by atoms with Gasteiger partial charge in [-0.25, -0.2) is 0 Å². The summed E-state index contributed by atoms with van der Waals surface area (Å²) in [4.78, 5) is 0. The fraction of sp³-hybridized carbons (Fsp3) is 0. The third-order valence-electron chi connectivity index (χ3n) is 9.63. The number of hydrogen-bond acceptors (Lipinski definition) is 0. The molecule has 0 aliphatic rings. The van der Waals surface area contributed by atoms with Crippen LogP contribution in [0, 0.1) is 0 Å². The fourth-order valence-electron chi connectivity index (χ4n) is 7.43. The van der Waals surface area contributed by atoms with Gasteiger partial charge in [-0.15, -0.1) is 0 Å². The molecule has 0 radical (unpaired) electrons. The molecule has 0 fully saturated rings. The van der Waals surface area contributed by atoms with Gasteiger partial charge < -0.3 is 0 Å². The van der Waals surface area contributed by atoms with Crippen LogP contribution in [0.4, 0.5) is 0 Å². The molecule has 0 amide bonds. The summed E-state index contributed by atoms with van der Waals surface area (Å²) in [6.45, 7) is 0. The van der Waals surface area contributed by atoms with Crippen LogP contribution < -0.4 is 10.4 Å². The normalized spacial score (nSPS) is 11.7. The Labute approximate surface area is 277 Å². The van der Waals surface area contributed by atoms with E-state index in [9.17, 15) is 0 Å². The van der Waals surface area contributed by atoms with Crippen molar-refractivity contribution in [1.29, 1.82) is 0 Å². The van der Waals surface area contributed by atoms with Crippen LogP contribution >= 0.6 is 0 Å². The lowest BCUT2D eigenvalue weighted by Crippen LogP contribution is -2.26. The molecule has 0 saturated heterocycles. The Morgan fingerprint density at radius 1 is 0.277 bits per heavy atom. The molecule has 0 aliphatic carbocycles. The molecule has 0 saturated carbocycles. The fourth-order valence-corrected chi connectivity index (χ4v) is 8.96. The van der Waals surface area contributed by atoms with Crippen LogP contribution in [0.1, 0.15) is 0 Å². The van der Waals surface area contributed by atoms with Crippen molar-refractivity contribution in [2.75, 3.05) is 0 Å². The molecule has 0 N–H and O–H groups in total. The van der Waals surface area contributed by atoms with E-state index in [1.165, 1.54) is 86.8 Å². The van der Waals surface area contributed by atoms with Crippen molar-refractivity contribution in [3.63, 3.8) is 0 Å². The van der Waals surface area contributed by atoms with E-state index >= 15 is 0 Å². The lowest BCUT2D eigenvalue weighted by molar-refractivity contribution is 1.63. The van der Waals surface area contributed by atoms with Crippen molar-refractivity contribution in [2.45, 2.75) is 0 Å². The summed E-state index contributed by atoms with van der Waals surface area (Å²) < 4.78 is 0. The molecule has 220 valence electrons. The van der Waals surface area contributed by atoms with Crippen molar-refractivity contribution in [3.8, 4) is 33.4 Å². The Bertz CT molecular complexity index is 2590. The Morgan fingerprint density at radius 3 is 1.74 bits per heavy atom. The highest BCUT2D eigenvalue weighted by Crippen LogP contribution is 2.45. The number of fused-ring (bicyclic) bond motifs is 4. The second-order valence-corrected chi connectivity index (χ2v) is 14.5. The zero-order valence-electron chi connectivity index (χ0n) is 26.0. The molecule has 0 atom stereocenters. The van der Waals surface area contributed by atoms with E-state index in [1.54, 1.807) is 0 Å². The average molecular weight is 613 g/mol. The SMILES string of the molecule is c1ccc([SiH2]c2ccc3c(-c4cccc(-c5ccc6ccccc6c5)c4)c4ccccc4c(-c4cccc5ccccc45)c3c2)cc1. The summed E-state index contributed by atoms with van der Waals surface area (Å²) in [5.41, 5.74) is 7.63. The Hall–Kier alpha value is -5.76. The molecule has 47 heavy (non-hydrogen) atoms. The highest BCUT2D eigenvalue weighted by molar-refractivity contribution is 6.67. The monoisotopic (exact) mass is 612 g/mol. The molecule has 0 aliphatic heterocycles. The van der Waals surface area contributed by atoms with Gasteiger partial charge in [0.15, 0.2) is 0 Å².